The summed E-state index contributed by atoms with van der Waals surface area (Å²) in [4.78, 5) is 0. The van der Waals surface area contributed by atoms with Crippen LogP contribution in [0.15, 0.2) is 36.7 Å². The second kappa shape index (κ2) is 7.70. The van der Waals surface area contributed by atoms with E-state index in [0.717, 1.165) is 25.3 Å². The van der Waals surface area contributed by atoms with Gasteiger partial charge in [0.25, 0.3) is 0 Å². The Bertz CT molecular complexity index is 534. The standard InChI is InChI=1S/C15H18Cl2N2O/c1-20-8-6-18-9-12-5-7-19(10-12)11-13-14(16)3-2-4-15(13)17/h2-5,7,10,18H,6,8-9,11H2,1H3. The summed E-state index contributed by atoms with van der Waals surface area (Å²) in [5.74, 6) is 0. The van der Waals surface area contributed by atoms with Gasteiger partial charge in [-0.05, 0) is 23.8 Å². The van der Waals surface area contributed by atoms with Crippen LogP contribution in [0.5, 0.6) is 0 Å². The second-order valence-corrected chi connectivity index (χ2v) is 5.38. The van der Waals surface area contributed by atoms with E-state index in [0.29, 0.717) is 16.6 Å². The molecule has 1 N–H and O–H groups in total. The summed E-state index contributed by atoms with van der Waals surface area (Å²) in [6.07, 6.45) is 4.13. The third kappa shape index (κ3) is 4.25. The molecule has 0 saturated carbocycles. The maximum absolute atomic E-state index is 6.18. The number of halogens is 2. The van der Waals surface area contributed by atoms with Crippen molar-refractivity contribution < 1.29 is 4.74 Å². The van der Waals surface area contributed by atoms with Crippen LogP contribution in [0.25, 0.3) is 0 Å². The van der Waals surface area contributed by atoms with Crippen LogP contribution in [0.2, 0.25) is 10.0 Å². The Morgan fingerprint density at radius 2 is 1.95 bits per heavy atom. The molecule has 0 fully saturated rings. The monoisotopic (exact) mass is 312 g/mol. The fourth-order valence-electron chi connectivity index (χ4n) is 1.97. The van der Waals surface area contributed by atoms with Crippen LogP contribution in [0.4, 0.5) is 0 Å². The molecule has 0 radical (unpaired) electrons. The van der Waals surface area contributed by atoms with Crippen LogP contribution >= 0.6 is 23.2 Å². The SMILES string of the molecule is COCCNCc1ccn(Cc2c(Cl)cccc2Cl)c1. The molecule has 5 heteroatoms. The first-order valence-corrected chi connectivity index (χ1v) is 7.23. The Hall–Kier alpha value is -1.00. The number of hydrogen-bond donors (Lipinski definition) is 1. The first kappa shape index (κ1) is 15.4. The normalized spacial score (nSPS) is 10.9. The second-order valence-electron chi connectivity index (χ2n) is 4.56. The molecule has 0 spiro atoms. The summed E-state index contributed by atoms with van der Waals surface area (Å²) in [6.45, 7) is 3.07. The molecule has 20 heavy (non-hydrogen) atoms. The van der Waals surface area contributed by atoms with E-state index in [1.54, 1.807) is 7.11 Å². The molecule has 0 atom stereocenters. The summed E-state index contributed by atoms with van der Waals surface area (Å²) in [6, 6.07) is 7.67. The molecule has 0 amide bonds. The molecule has 0 aliphatic carbocycles. The minimum Gasteiger partial charge on any atom is -0.383 e. The van der Waals surface area contributed by atoms with Gasteiger partial charge in [0.15, 0.2) is 0 Å². The number of benzene rings is 1. The fourth-order valence-corrected chi connectivity index (χ4v) is 2.48. The van der Waals surface area contributed by atoms with Crippen molar-refractivity contribution in [2.24, 2.45) is 0 Å². The number of hydrogen-bond acceptors (Lipinski definition) is 2. The fraction of sp³-hybridized carbons (Fsp3) is 0.333. The van der Waals surface area contributed by atoms with E-state index < -0.39 is 0 Å². The van der Waals surface area contributed by atoms with E-state index in [4.69, 9.17) is 27.9 Å². The van der Waals surface area contributed by atoms with Crippen molar-refractivity contribution >= 4 is 23.2 Å². The molecule has 1 heterocycles. The molecule has 2 rings (SSSR count). The highest BCUT2D eigenvalue weighted by Crippen LogP contribution is 2.25. The van der Waals surface area contributed by atoms with Gasteiger partial charge in [0.2, 0.25) is 0 Å². The first-order chi connectivity index (χ1) is 9.70. The van der Waals surface area contributed by atoms with E-state index in [-0.39, 0.29) is 0 Å². The molecular formula is C15H18Cl2N2O. The lowest BCUT2D eigenvalue weighted by atomic mass is 10.2. The zero-order valence-electron chi connectivity index (χ0n) is 11.4. The van der Waals surface area contributed by atoms with Gasteiger partial charge in [0, 0.05) is 54.7 Å². The molecule has 3 nitrogen and oxygen atoms in total. The number of rotatable bonds is 7. The van der Waals surface area contributed by atoms with E-state index >= 15 is 0 Å². The zero-order valence-corrected chi connectivity index (χ0v) is 12.9. The summed E-state index contributed by atoms with van der Waals surface area (Å²) >= 11 is 12.4. The van der Waals surface area contributed by atoms with Gasteiger partial charge in [0.1, 0.15) is 0 Å². The van der Waals surface area contributed by atoms with Crippen molar-refractivity contribution in [3.05, 3.63) is 57.8 Å². The zero-order chi connectivity index (χ0) is 14.4. The number of nitrogens with zero attached hydrogens (tertiary/aromatic N) is 1. The molecule has 1 aromatic heterocycles. The number of methoxy groups -OCH3 is 1. The van der Waals surface area contributed by atoms with Crippen LogP contribution in [-0.4, -0.2) is 24.8 Å². The van der Waals surface area contributed by atoms with E-state index in [1.807, 2.05) is 24.4 Å². The Labute approximate surface area is 129 Å². The Morgan fingerprint density at radius 1 is 1.20 bits per heavy atom. The molecule has 108 valence electrons. The van der Waals surface area contributed by atoms with Crippen LogP contribution in [-0.2, 0) is 17.8 Å². The predicted molar refractivity (Wildman–Crippen MR) is 83.6 cm³/mol. The van der Waals surface area contributed by atoms with E-state index in [1.165, 1.54) is 5.56 Å². The van der Waals surface area contributed by atoms with Gasteiger partial charge in [-0.1, -0.05) is 29.3 Å². The molecule has 0 aliphatic heterocycles. The lowest BCUT2D eigenvalue weighted by Crippen LogP contribution is -2.18. The average Bonchev–Trinajstić information content (AvgIpc) is 2.87. The quantitative estimate of drug-likeness (QED) is 0.791. The van der Waals surface area contributed by atoms with E-state index in [2.05, 4.69) is 22.1 Å². The first-order valence-electron chi connectivity index (χ1n) is 6.48. The summed E-state index contributed by atoms with van der Waals surface area (Å²) < 4.78 is 7.08. The smallest absolute Gasteiger partial charge is 0.0587 e. The van der Waals surface area contributed by atoms with Gasteiger partial charge < -0.3 is 14.6 Å². The molecule has 0 unspecified atom stereocenters. The Kier molecular flexibility index (Phi) is 5.92. The summed E-state index contributed by atoms with van der Waals surface area (Å²) in [7, 11) is 1.70. The average molecular weight is 313 g/mol. The number of aromatic nitrogens is 1. The van der Waals surface area contributed by atoms with Crippen molar-refractivity contribution in [3.63, 3.8) is 0 Å². The summed E-state index contributed by atoms with van der Waals surface area (Å²) in [5, 5.41) is 4.71. The highest BCUT2D eigenvalue weighted by Gasteiger charge is 2.06. The maximum Gasteiger partial charge on any atom is 0.0587 e. The maximum atomic E-state index is 6.18. The van der Waals surface area contributed by atoms with Crippen LogP contribution in [0.1, 0.15) is 11.1 Å². The van der Waals surface area contributed by atoms with Crippen molar-refractivity contribution in [3.8, 4) is 0 Å². The molecule has 1 aromatic carbocycles. The van der Waals surface area contributed by atoms with Gasteiger partial charge in [-0.2, -0.15) is 0 Å². The summed E-state index contributed by atoms with van der Waals surface area (Å²) in [5.41, 5.74) is 2.18. The predicted octanol–water partition coefficient (Wildman–Crippen LogP) is 3.58. The van der Waals surface area contributed by atoms with Gasteiger partial charge in [-0.15, -0.1) is 0 Å². The third-order valence-corrected chi connectivity index (χ3v) is 3.73. The highest BCUT2D eigenvalue weighted by atomic mass is 35.5. The molecule has 2 aromatic rings. The lowest BCUT2D eigenvalue weighted by Gasteiger charge is -2.08. The Balaban J connectivity index is 1.96. The lowest BCUT2D eigenvalue weighted by molar-refractivity contribution is 0.199. The minimum absolute atomic E-state index is 0.677. The van der Waals surface area contributed by atoms with E-state index in [9.17, 15) is 0 Å². The van der Waals surface area contributed by atoms with Gasteiger partial charge in [0.05, 0.1) is 6.61 Å². The van der Waals surface area contributed by atoms with Gasteiger partial charge in [-0.25, -0.2) is 0 Å². The van der Waals surface area contributed by atoms with Crippen LogP contribution in [0, 0.1) is 0 Å². The largest absolute Gasteiger partial charge is 0.383 e. The molecule has 0 aliphatic rings. The van der Waals surface area contributed by atoms with Crippen molar-refractivity contribution in [1.82, 2.24) is 9.88 Å². The number of ether oxygens (including phenoxy) is 1. The number of nitrogens with one attached hydrogen (secondary N) is 1. The molecular weight excluding hydrogens is 295 g/mol. The van der Waals surface area contributed by atoms with Gasteiger partial charge >= 0.3 is 0 Å². The Morgan fingerprint density at radius 3 is 2.65 bits per heavy atom. The topological polar surface area (TPSA) is 26.2 Å². The third-order valence-electron chi connectivity index (χ3n) is 3.03. The highest BCUT2D eigenvalue weighted by molar-refractivity contribution is 6.35. The van der Waals surface area contributed by atoms with Gasteiger partial charge in [-0.3, -0.25) is 0 Å². The molecule has 0 saturated heterocycles. The van der Waals surface area contributed by atoms with Crippen LogP contribution in [0.3, 0.4) is 0 Å². The minimum atomic E-state index is 0.677. The van der Waals surface area contributed by atoms with Crippen molar-refractivity contribution in [2.45, 2.75) is 13.1 Å². The van der Waals surface area contributed by atoms with Crippen LogP contribution < -0.4 is 5.32 Å². The molecule has 0 bridgehead atoms. The van der Waals surface area contributed by atoms with Crippen molar-refractivity contribution in [2.75, 3.05) is 20.3 Å². The van der Waals surface area contributed by atoms with Crippen molar-refractivity contribution in [1.29, 1.82) is 0 Å².